The van der Waals surface area contributed by atoms with Gasteiger partial charge in [0.05, 0.1) is 0 Å². The van der Waals surface area contributed by atoms with Gasteiger partial charge in [-0.15, -0.1) is 56.6 Å². The Bertz CT molecular complexity index is 423. The summed E-state index contributed by atoms with van der Waals surface area (Å²) < 4.78 is 0. The smallest absolute Gasteiger partial charge is 0.0297 e. The van der Waals surface area contributed by atoms with Crippen molar-refractivity contribution in [1.82, 2.24) is 0 Å². The second-order valence-corrected chi connectivity index (χ2v) is 4.47. The van der Waals surface area contributed by atoms with Gasteiger partial charge in [-0.3, -0.25) is 0 Å². The van der Waals surface area contributed by atoms with Crippen LogP contribution in [0.2, 0.25) is 0 Å². The molecule has 2 aliphatic rings. The van der Waals surface area contributed by atoms with Crippen LogP contribution in [0.15, 0.2) is 23.3 Å². The molecule has 2 aliphatic heterocycles. The minimum Gasteiger partial charge on any atom is -0.659 e. The number of terminal acetylenes is 1. The molecule has 0 unspecified atom stereocenters. The topological polar surface area (TPSA) is 28.2 Å². The molecular formula is C21H34N2Y2-2. The average Bonchev–Trinajstić information content (AvgIpc) is 2.66. The molecule has 0 aromatic carbocycles. The van der Waals surface area contributed by atoms with Crippen LogP contribution in [0.4, 0.5) is 0 Å². The molecule has 2 heterocycles. The van der Waals surface area contributed by atoms with E-state index in [-0.39, 0.29) is 65.4 Å². The molecule has 0 aromatic rings. The van der Waals surface area contributed by atoms with Gasteiger partial charge in [-0.05, 0) is 6.92 Å². The second-order valence-electron chi connectivity index (χ2n) is 4.47. The molecule has 0 amide bonds. The monoisotopic (exact) mass is 492 g/mol. The third-order valence-corrected chi connectivity index (χ3v) is 3.02. The van der Waals surface area contributed by atoms with Crippen molar-refractivity contribution in [2.75, 3.05) is 26.2 Å². The summed E-state index contributed by atoms with van der Waals surface area (Å²) >= 11 is 0. The minimum atomic E-state index is 0. The van der Waals surface area contributed by atoms with Crippen LogP contribution >= 0.6 is 0 Å². The van der Waals surface area contributed by atoms with E-state index in [1.54, 1.807) is 0 Å². The third-order valence-electron chi connectivity index (χ3n) is 3.02. The quantitative estimate of drug-likeness (QED) is 0.341. The number of nitrogens with zero attached hydrogens (tertiary/aromatic N) is 2. The van der Waals surface area contributed by atoms with Crippen LogP contribution in [0.5, 0.6) is 0 Å². The first-order valence-corrected chi connectivity index (χ1v) is 8.82. The summed E-state index contributed by atoms with van der Waals surface area (Å²) in [4.78, 5) is 0. The molecule has 0 fully saturated rings. The summed E-state index contributed by atoms with van der Waals surface area (Å²) in [6, 6.07) is 0. The van der Waals surface area contributed by atoms with Crippen LogP contribution in [0.1, 0.15) is 60.3 Å². The Labute approximate surface area is 208 Å². The molecule has 0 N–H and O–H groups in total. The van der Waals surface area contributed by atoms with E-state index in [1.165, 1.54) is 11.1 Å². The van der Waals surface area contributed by atoms with E-state index in [0.717, 1.165) is 51.9 Å². The van der Waals surface area contributed by atoms with Crippen LogP contribution < -0.4 is 0 Å². The van der Waals surface area contributed by atoms with Crippen LogP contribution in [-0.2, 0) is 65.4 Å². The maximum absolute atomic E-state index is 5.14. The molecule has 0 saturated heterocycles. The molecule has 0 aliphatic carbocycles. The zero-order valence-corrected chi connectivity index (χ0v) is 22.6. The van der Waals surface area contributed by atoms with Gasteiger partial charge in [0, 0.05) is 78.3 Å². The van der Waals surface area contributed by atoms with E-state index < -0.39 is 0 Å². The Balaban J connectivity index is -0.000000138. The van der Waals surface area contributed by atoms with Crippen molar-refractivity contribution in [1.29, 1.82) is 0 Å². The van der Waals surface area contributed by atoms with Crippen molar-refractivity contribution in [3.63, 3.8) is 0 Å². The molecule has 2 radical (unpaired) electrons. The van der Waals surface area contributed by atoms with Gasteiger partial charge < -0.3 is 10.6 Å². The van der Waals surface area contributed by atoms with Crippen LogP contribution in [0, 0.1) is 24.2 Å². The summed E-state index contributed by atoms with van der Waals surface area (Å²) in [5.74, 6) is 8.58. The number of hydrogen-bond donors (Lipinski definition) is 0. The molecular weight excluding hydrogens is 458 g/mol. The zero-order chi connectivity index (χ0) is 17.8. The van der Waals surface area contributed by atoms with E-state index in [9.17, 15) is 0 Å². The van der Waals surface area contributed by atoms with Crippen molar-refractivity contribution < 1.29 is 65.4 Å². The normalized spacial score (nSPS) is 13.9. The fourth-order valence-electron chi connectivity index (χ4n) is 1.87. The average molecular weight is 492 g/mol. The number of rotatable bonds is 2. The van der Waals surface area contributed by atoms with E-state index in [4.69, 9.17) is 6.42 Å². The van der Waals surface area contributed by atoms with Crippen LogP contribution in [0.3, 0.4) is 0 Å². The summed E-state index contributed by atoms with van der Waals surface area (Å²) in [5, 5.41) is 8.38. The van der Waals surface area contributed by atoms with Crippen molar-refractivity contribution in [3.8, 4) is 24.2 Å². The Morgan fingerprint density at radius 3 is 1.64 bits per heavy atom. The van der Waals surface area contributed by atoms with Gasteiger partial charge in [0.2, 0.25) is 0 Å². The fourth-order valence-corrected chi connectivity index (χ4v) is 1.87. The molecule has 0 spiro atoms. The summed E-state index contributed by atoms with van der Waals surface area (Å²) in [5.41, 5.74) is 2.84. The maximum Gasteiger partial charge on any atom is 0.0297 e. The van der Waals surface area contributed by atoms with Gasteiger partial charge in [-0.2, -0.15) is 0 Å². The first-order chi connectivity index (χ1) is 11.4. The predicted molar refractivity (Wildman–Crippen MR) is 106 cm³/mol. The maximum atomic E-state index is 5.14. The Kier molecular flexibility index (Phi) is 39.3. The van der Waals surface area contributed by atoms with E-state index in [0.29, 0.717) is 0 Å². The molecule has 4 heteroatoms. The minimum absolute atomic E-state index is 0. The Hall–Kier alpha value is 0.728. The number of hydrogen-bond acceptors (Lipinski definition) is 0. The Morgan fingerprint density at radius 2 is 1.32 bits per heavy atom. The molecule has 0 bridgehead atoms. The molecule has 0 saturated carbocycles. The van der Waals surface area contributed by atoms with E-state index in [2.05, 4.69) is 40.5 Å². The van der Waals surface area contributed by atoms with Crippen molar-refractivity contribution >= 4 is 0 Å². The van der Waals surface area contributed by atoms with Crippen LogP contribution in [-0.4, -0.2) is 26.2 Å². The molecule has 136 valence electrons. The van der Waals surface area contributed by atoms with Gasteiger partial charge >= 0.3 is 0 Å². The van der Waals surface area contributed by atoms with Crippen LogP contribution in [0.25, 0.3) is 10.6 Å². The summed E-state index contributed by atoms with van der Waals surface area (Å²) in [6.45, 7) is 13.6. The second kappa shape index (κ2) is 29.5. The SMILES string of the molecule is C#CCC1=CC[N-]CC1.CC.CC.CC#CCC1=CC[N-]CC1.[Y].[Y]. The zero-order valence-electron chi connectivity index (χ0n) is 16.9. The van der Waals surface area contributed by atoms with Gasteiger partial charge in [-0.1, -0.05) is 57.6 Å². The first kappa shape index (κ1) is 33.3. The molecule has 2 rings (SSSR count). The first-order valence-electron chi connectivity index (χ1n) is 8.82. The predicted octanol–water partition coefficient (Wildman–Crippen LogP) is 5.86. The molecule has 2 nitrogen and oxygen atoms in total. The third kappa shape index (κ3) is 22.7. The molecule has 0 aromatic heterocycles. The van der Waals surface area contributed by atoms with Crippen molar-refractivity contribution in [2.24, 2.45) is 0 Å². The Morgan fingerprint density at radius 1 is 0.880 bits per heavy atom. The fraction of sp³-hybridized carbons (Fsp3) is 0.619. The van der Waals surface area contributed by atoms with Crippen molar-refractivity contribution in [3.05, 3.63) is 33.9 Å². The van der Waals surface area contributed by atoms with Gasteiger partial charge in [0.15, 0.2) is 0 Å². The molecule has 25 heavy (non-hydrogen) atoms. The molecule has 0 atom stereocenters. The summed E-state index contributed by atoms with van der Waals surface area (Å²) in [7, 11) is 0. The van der Waals surface area contributed by atoms with Gasteiger partial charge in [0.1, 0.15) is 0 Å². The standard InChI is InChI=1S/C9H12N.C8H10N.2C2H6.2Y/c1-2-3-4-9-5-7-10-8-6-9;1-2-3-8-4-6-9-7-5-8;2*1-2;;/h5H,4,6-8H2,1H3;1,4H,3,5-7H2;2*1-2H3;;/q2*-1;;;;. The summed E-state index contributed by atoms with van der Waals surface area (Å²) in [6.07, 6.45) is 13.4. The largest absolute Gasteiger partial charge is 0.659 e. The van der Waals surface area contributed by atoms with E-state index in [1.807, 2.05) is 34.6 Å². The van der Waals surface area contributed by atoms with Gasteiger partial charge in [0.25, 0.3) is 0 Å². The van der Waals surface area contributed by atoms with Gasteiger partial charge in [-0.25, -0.2) is 0 Å². The van der Waals surface area contributed by atoms with E-state index >= 15 is 0 Å². The van der Waals surface area contributed by atoms with Crippen molar-refractivity contribution in [2.45, 2.75) is 60.3 Å².